The van der Waals surface area contributed by atoms with E-state index in [-0.39, 0.29) is 5.41 Å². The highest BCUT2D eigenvalue weighted by molar-refractivity contribution is 14.1. The van der Waals surface area contributed by atoms with Crippen molar-refractivity contribution in [3.63, 3.8) is 0 Å². The van der Waals surface area contributed by atoms with Gasteiger partial charge in [0.15, 0.2) is 0 Å². The number of aryl methyl sites for hydroxylation is 1. The highest BCUT2D eigenvalue weighted by Crippen LogP contribution is 2.22. The molecule has 1 aromatic rings. The second-order valence-corrected chi connectivity index (χ2v) is 5.02. The Kier molecular flexibility index (Phi) is 2.81. The number of halogens is 1. The van der Waals surface area contributed by atoms with Crippen LogP contribution in [-0.2, 0) is 12.0 Å². The molecule has 0 aliphatic heterocycles. The second kappa shape index (κ2) is 3.36. The van der Waals surface area contributed by atoms with E-state index in [0.717, 1.165) is 6.54 Å². The Balaban J connectivity index is 3.05. The van der Waals surface area contributed by atoms with Gasteiger partial charge in [-0.3, -0.25) is 4.68 Å². The lowest BCUT2D eigenvalue weighted by atomic mass is 9.93. The molecule has 1 rings (SSSR count). The Morgan fingerprint density at radius 1 is 1.50 bits per heavy atom. The molecule has 0 amide bonds. The lowest BCUT2D eigenvalue weighted by Crippen LogP contribution is -2.12. The van der Waals surface area contributed by atoms with Crippen LogP contribution in [0.3, 0.4) is 0 Å². The van der Waals surface area contributed by atoms with Crippen LogP contribution < -0.4 is 0 Å². The fourth-order valence-corrected chi connectivity index (χ4v) is 1.73. The lowest BCUT2D eigenvalue weighted by Gasteiger charge is -2.13. The van der Waals surface area contributed by atoms with Crippen LogP contribution in [0.4, 0.5) is 0 Å². The zero-order valence-corrected chi connectivity index (χ0v) is 10.2. The molecule has 1 heterocycles. The first-order chi connectivity index (χ1) is 5.45. The van der Waals surface area contributed by atoms with Crippen LogP contribution in [-0.4, -0.2) is 9.78 Å². The van der Waals surface area contributed by atoms with Crippen LogP contribution in [0.25, 0.3) is 0 Å². The highest BCUT2D eigenvalue weighted by atomic mass is 127. The van der Waals surface area contributed by atoms with E-state index in [9.17, 15) is 0 Å². The minimum absolute atomic E-state index is 0.167. The zero-order valence-electron chi connectivity index (χ0n) is 8.06. The molecule has 0 atom stereocenters. The van der Waals surface area contributed by atoms with Gasteiger partial charge in [0.25, 0.3) is 0 Å². The Morgan fingerprint density at radius 2 is 2.08 bits per heavy atom. The number of aromatic nitrogens is 2. The fraction of sp³-hybridized carbons (Fsp3) is 0.667. The first-order valence-corrected chi connectivity index (χ1v) is 5.27. The Morgan fingerprint density at radius 3 is 2.33 bits per heavy atom. The molecule has 68 valence electrons. The third-order valence-electron chi connectivity index (χ3n) is 1.80. The molecule has 0 aliphatic rings. The average molecular weight is 278 g/mol. The Labute approximate surface area is 87.5 Å². The van der Waals surface area contributed by atoms with Crippen LogP contribution in [0.2, 0.25) is 0 Å². The van der Waals surface area contributed by atoms with E-state index < -0.39 is 0 Å². The summed E-state index contributed by atoms with van der Waals surface area (Å²) in [5.74, 6) is 0. The summed E-state index contributed by atoms with van der Waals surface area (Å²) in [6.45, 7) is 9.62. The summed E-state index contributed by atoms with van der Waals surface area (Å²) in [7, 11) is 0. The molecule has 2 nitrogen and oxygen atoms in total. The normalized spacial score (nSPS) is 12.1. The van der Waals surface area contributed by atoms with E-state index in [0.29, 0.717) is 0 Å². The van der Waals surface area contributed by atoms with Gasteiger partial charge in [-0.15, -0.1) is 0 Å². The van der Waals surface area contributed by atoms with Crippen molar-refractivity contribution in [2.75, 3.05) is 0 Å². The van der Waals surface area contributed by atoms with Gasteiger partial charge in [0.05, 0.1) is 9.39 Å². The van der Waals surface area contributed by atoms with Crippen molar-refractivity contribution < 1.29 is 0 Å². The molecular formula is C9H15IN2. The number of hydrogen-bond acceptors (Lipinski definition) is 1. The first-order valence-electron chi connectivity index (χ1n) is 4.19. The molecule has 0 aromatic carbocycles. The number of nitrogens with zero attached hydrogens (tertiary/aromatic N) is 2. The van der Waals surface area contributed by atoms with Gasteiger partial charge >= 0.3 is 0 Å². The molecule has 1 aromatic heterocycles. The second-order valence-electron chi connectivity index (χ2n) is 3.92. The molecule has 0 aliphatic carbocycles. The molecule has 0 fully saturated rings. The van der Waals surface area contributed by atoms with Crippen molar-refractivity contribution >= 4 is 22.6 Å². The molecule has 0 bridgehead atoms. The standard InChI is InChI=1S/C9H15IN2/c1-5-12-8(10)6-7(11-12)9(2,3)4/h6H,5H2,1-4H3. The van der Waals surface area contributed by atoms with Crippen molar-refractivity contribution in [1.82, 2.24) is 9.78 Å². The van der Waals surface area contributed by atoms with Crippen molar-refractivity contribution in [3.05, 3.63) is 15.5 Å². The topological polar surface area (TPSA) is 17.8 Å². The monoisotopic (exact) mass is 278 g/mol. The molecule has 0 unspecified atom stereocenters. The Bertz CT molecular complexity index is 271. The molecule has 0 N–H and O–H groups in total. The number of rotatable bonds is 1. The molecule has 0 radical (unpaired) electrons. The zero-order chi connectivity index (χ0) is 9.35. The minimum Gasteiger partial charge on any atom is -0.259 e. The quantitative estimate of drug-likeness (QED) is 0.722. The van der Waals surface area contributed by atoms with E-state index in [2.05, 4.69) is 61.5 Å². The van der Waals surface area contributed by atoms with Crippen LogP contribution in [0, 0.1) is 3.70 Å². The van der Waals surface area contributed by atoms with E-state index in [4.69, 9.17) is 0 Å². The minimum atomic E-state index is 0.167. The summed E-state index contributed by atoms with van der Waals surface area (Å²) in [6, 6.07) is 2.16. The van der Waals surface area contributed by atoms with E-state index >= 15 is 0 Å². The fourth-order valence-electron chi connectivity index (χ4n) is 0.982. The van der Waals surface area contributed by atoms with Gasteiger partial charge in [0, 0.05) is 12.0 Å². The van der Waals surface area contributed by atoms with Crippen LogP contribution in [0.5, 0.6) is 0 Å². The smallest absolute Gasteiger partial charge is 0.0992 e. The maximum atomic E-state index is 4.51. The van der Waals surface area contributed by atoms with Gasteiger partial charge in [-0.25, -0.2) is 0 Å². The number of hydrogen-bond donors (Lipinski definition) is 0. The van der Waals surface area contributed by atoms with Crippen LogP contribution in [0.1, 0.15) is 33.4 Å². The van der Waals surface area contributed by atoms with Crippen molar-refractivity contribution in [1.29, 1.82) is 0 Å². The largest absolute Gasteiger partial charge is 0.259 e. The third kappa shape index (κ3) is 2.00. The van der Waals surface area contributed by atoms with Gasteiger partial charge in [0.1, 0.15) is 0 Å². The highest BCUT2D eigenvalue weighted by Gasteiger charge is 2.18. The molecule has 12 heavy (non-hydrogen) atoms. The maximum absolute atomic E-state index is 4.51. The van der Waals surface area contributed by atoms with Crippen molar-refractivity contribution in [2.45, 2.75) is 39.7 Å². The summed E-state index contributed by atoms with van der Waals surface area (Å²) in [5, 5.41) is 4.51. The lowest BCUT2D eigenvalue weighted by molar-refractivity contribution is 0.538. The summed E-state index contributed by atoms with van der Waals surface area (Å²) in [4.78, 5) is 0. The summed E-state index contributed by atoms with van der Waals surface area (Å²) >= 11 is 2.32. The molecular weight excluding hydrogens is 263 g/mol. The maximum Gasteiger partial charge on any atom is 0.0992 e. The molecule has 0 saturated carbocycles. The van der Waals surface area contributed by atoms with E-state index in [1.807, 2.05) is 4.68 Å². The predicted molar refractivity (Wildman–Crippen MR) is 59.3 cm³/mol. The molecule has 0 saturated heterocycles. The van der Waals surface area contributed by atoms with Crippen molar-refractivity contribution in [2.24, 2.45) is 0 Å². The molecule has 3 heteroatoms. The molecule has 0 spiro atoms. The average Bonchev–Trinajstić information content (AvgIpc) is 2.29. The van der Waals surface area contributed by atoms with Gasteiger partial charge in [-0.05, 0) is 35.6 Å². The van der Waals surface area contributed by atoms with Crippen molar-refractivity contribution in [3.8, 4) is 0 Å². The van der Waals surface area contributed by atoms with Gasteiger partial charge in [-0.1, -0.05) is 20.8 Å². The van der Waals surface area contributed by atoms with Gasteiger partial charge in [-0.2, -0.15) is 5.10 Å². The Hall–Kier alpha value is -0.0600. The summed E-state index contributed by atoms with van der Waals surface area (Å²) in [6.07, 6.45) is 0. The first kappa shape index (κ1) is 10.0. The SMILES string of the molecule is CCn1nc(C(C)(C)C)cc1I. The summed E-state index contributed by atoms with van der Waals surface area (Å²) in [5.41, 5.74) is 1.34. The predicted octanol–water partition coefficient (Wildman–Crippen LogP) is 2.81. The van der Waals surface area contributed by atoms with Gasteiger partial charge in [0.2, 0.25) is 0 Å². The van der Waals surface area contributed by atoms with Crippen LogP contribution in [0.15, 0.2) is 6.07 Å². The summed E-state index contributed by atoms with van der Waals surface area (Å²) < 4.78 is 3.25. The van der Waals surface area contributed by atoms with Gasteiger partial charge < -0.3 is 0 Å². The van der Waals surface area contributed by atoms with E-state index in [1.54, 1.807) is 0 Å². The van der Waals surface area contributed by atoms with E-state index in [1.165, 1.54) is 9.39 Å². The van der Waals surface area contributed by atoms with Crippen LogP contribution >= 0.6 is 22.6 Å². The third-order valence-corrected chi connectivity index (χ3v) is 2.67.